The summed E-state index contributed by atoms with van der Waals surface area (Å²) in [6.45, 7) is 0.872. The third kappa shape index (κ3) is 2.65. The number of halogens is 2. The molecule has 4 heterocycles. The maximum absolute atomic E-state index is 14.9. The normalized spacial score (nSPS) is 28.8. The van der Waals surface area contributed by atoms with Crippen molar-refractivity contribution in [3.8, 4) is 0 Å². The van der Waals surface area contributed by atoms with E-state index in [-0.39, 0.29) is 36.2 Å². The molecule has 0 saturated carbocycles. The number of nitrogens with zero attached hydrogens (tertiary/aromatic N) is 2. The summed E-state index contributed by atoms with van der Waals surface area (Å²) >= 11 is 0. The van der Waals surface area contributed by atoms with Crippen LogP contribution in [0.1, 0.15) is 46.4 Å². The standard InChI is InChI=1S/C19H18F2N4O4/c20-10-5-11(21)16(24-6-8-1-2-9(7-24)22-8)15-14(10)18(28)25(19(15)29)12-3-4-13(26)23-17(12)27/h5,8-9,12,22H,1-4,6-7H2,(H,23,26,27). The zero-order chi connectivity index (χ0) is 20.4. The second-order valence-corrected chi connectivity index (χ2v) is 7.93. The Hall–Kier alpha value is -2.88. The number of carbonyl (C=O) groups is 4. The van der Waals surface area contributed by atoms with Crippen molar-refractivity contribution in [3.63, 3.8) is 0 Å². The molecule has 3 unspecified atom stereocenters. The van der Waals surface area contributed by atoms with Crippen LogP contribution in [0.15, 0.2) is 6.07 Å². The highest BCUT2D eigenvalue weighted by molar-refractivity contribution is 6.25. The van der Waals surface area contributed by atoms with Gasteiger partial charge in [-0.05, 0) is 19.3 Å². The molecule has 4 aliphatic rings. The number of imide groups is 2. The molecule has 2 bridgehead atoms. The van der Waals surface area contributed by atoms with E-state index >= 15 is 0 Å². The van der Waals surface area contributed by atoms with Gasteiger partial charge in [-0.1, -0.05) is 0 Å². The summed E-state index contributed by atoms with van der Waals surface area (Å²) in [7, 11) is 0. The van der Waals surface area contributed by atoms with Gasteiger partial charge >= 0.3 is 0 Å². The Balaban J connectivity index is 1.58. The lowest BCUT2D eigenvalue weighted by Crippen LogP contribution is -2.54. The predicted octanol–water partition coefficient (Wildman–Crippen LogP) is 0.307. The molecular weight excluding hydrogens is 386 g/mol. The van der Waals surface area contributed by atoms with Crippen molar-refractivity contribution in [3.05, 3.63) is 28.8 Å². The number of piperidine rings is 1. The fourth-order valence-electron chi connectivity index (χ4n) is 4.86. The first-order chi connectivity index (χ1) is 13.8. The van der Waals surface area contributed by atoms with Crippen molar-refractivity contribution in [2.75, 3.05) is 18.0 Å². The van der Waals surface area contributed by atoms with E-state index in [0.29, 0.717) is 24.1 Å². The number of carbonyl (C=O) groups excluding carboxylic acids is 4. The summed E-state index contributed by atoms with van der Waals surface area (Å²) in [5, 5.41) is 5.48. The van der Waals surface area contributed by atoms with Gasteiger partial charge in [0.05, 0.1) is 16.8 Å². The molecule has 0 aliphatic carbocycles. The molecule has 3 saturated heterocycles. The number of rotatable bonds is 2. The van der Waals surface area contributed by atoms with Crippen LogP contribution >= 0.6 is 0 Å². The van der Waals surface area contributed by atoms with Gasteiger partial charge in [0, 0.05) is 37.7 Å². The van der Waals surface area contributed by atoms with Crippen LogP contribution in [0.25, 0.3) is 0 Å². The Bertz CT molecular complexity index is 969. The third-order valence-corrected chi connectivity index (χ3v) is 6.13. The Morgan fingerprint density at radius 3 is 2.21 bits per heavy atom. The van der Waals surface area contributed by atoms with E-state index in [4.69, 9.17) is 0 Å². The van der Waals surface area contributed by atoms with E-state index in [1.54, 1.807) is 4.90 Å². The molecular formula is C19H18F2N4O4. The van der Waals surface area contributed by atoms with Crippen molar-refractivity contribution >= 4 is 29.3 Å². The molecule has 2 N–H and O–H groups in total. The first-order valence-electron chi connectivity index (χ1n) is 9.59. The fraction of sp³-hybridized carbons (Fsp3) is 0.474. The lowest BCUT2D eigenvalue weighted by atomic mass is 10.0. The van der Waals surface area contributed by atoms with E-state index in [1.165, 1.54) is 0 Å². The SMILES string of the molecule is O=C1CCC(N2C(=O)c3c(F)cc(F)c(N4CC5CCC(C4)N5)c3C2=O)C(=O)N1. The van der Waals surface area contributed by atoms with E-state index in [2.05, 4.69) is 10.6 Å². The molecule has 5 rings (SSSR count). The molecule has 0 spiro atoms. The van der Waals surface area contributed by atoms with Gasteiger partial charge in [-0.25, -0.2) is 8.78 Å². The number of amides is 4. The fourth-order valence-corrected chi connectivity index (χ4v) is 4.86. The van der Waals surface area contributed by atoms with Gasteiger partial charge in [0.2, 0.25) is 11.8 Å². The van der Waals surface area contributed by atoms with Gasteiger partial charge in [0.15, 0.2) is 0 Å². The molecule has 0 radical (unpaired) electrons. The van der Waals surface area contributed by atoms with Gasteiger partial charge in [0.1, 0.15) is 17.7 Å². The van der Waals surface area contributed by atoms with Gasteiger partial charge in [-0.3, -0.25) is 29.4 Å². The maximum Gasteiger partial charge on any atom is 0.265 e. The van der Waals surface area contributed by atoms with Crippen molar-refractivity contribution in [1.29, 1.82) is 0 Å². The number of piperazine rings is 1. The zero-order valence-corrected chi connectivity index (χ0v) is 15.3. The Morgan fingerprint density at radius 2 is 1.55 bits per heavy atom. The van der Waals surface area contributed by atoms with Crippen molar-refractivity contribution in [1.82, 2.24) is 15.5 Å². The van der Waals surface area contributed by atoms with E-state index < -0.39 is 46.9 Å². The molecule has 1 aromatic rings. The number of fused-ring (bicyclic) bond motifs is 3. The lowest BCUT2D eigenvalue weighted by Gasteiger charge is -2.35. The van der Waals surface area contributed by atoms with Crippen molar-refractivity contribution < 1.29 is 28.0 Å². The average Bonchev–Trinajstić information content (AvgIpc) is 3.12. The molecule has 152 valence electrons. The van der Waals surface area contributed by atoms with E-state index in [0.717, 1.165) is 12.8 Å². The van der Waals surface area contributed by atoms with Gasteiger partial charge < -0.3 is 10.2 Å². The summed E-state index contributed by atoms with van der Waals surface area (Å²) in [5.41, 5.74) is -0.937. The zero-order valence-electron chi connectivity index (χ0n) is 15.3. The summed E-state index contributed by atoms with van der Waals surface area (Å²) in [5.74, 6) is -5.22. The molecule has 4 aliphatic heterocycles. The third-order valence-electron chi connectivity index (χ3n) is 6.13. The summed E-state index contributed by atoms with van der Waals surface area (Å²) in [4.78, 5) is 52.0. The highest BCUT2D eigenvalue weighted by atomic mass is 19.1. The lowest BCUT2D eigenvalue weighted by molar-refractivity contribution is -0.136. The van der Waals surface area contributed by atoms with Crippen LogP contribution in [0.4, 0.5) is 14.5 Å². The predicted molar refractivity (Wildman–Crippen MR) is 95.2 cm³/mol. The molecule has 10 heteroatoms. The van der Waals surface area contributed by atoms with E-state index in [9.17, 15) is 28.0 Å². The summed E-state index contributed by atoms with van der Waals surface area (Å²) in [6, 6.07) is -0.341. The Kier molecular flexibility index (Phi) is 3.95. The largest absolute Gasteiger partial charge is 0.365 e. The van der Waals surface area contributed by atoms with Crippen LogP contribution in [0.3, 0.4) is 0 Å². The molecule has 4 amide bonds. The first-order valence-corrected chi connectivity index (χ1v) is 9.59. The highest BCUT2D eigenvalue weighted by Gasteiger charge is 2.49. The number of anilines is 1. The van der Waals surface area contributed by atoms with Crippen LogP contribution in [-0.2, 0) is 9.59 Å². The van der Waals surface area contributed by atoms with Crippen LogP contribution in [0.5, 0.6) is 0 Å². The Morgan fingerprint density at radius 1 is 0.897 bits per heavy atom. The first kappa shape index (κ1) is 18.2. The second kappa shape index (κ2) is 6.31. The molecule has 29 heavy (non-hydrogen) atoms. The average molecular weight is 404 g/mol. The number of benzene rings is 1. The minimum absolute atomic E-state index is 0.0470. The van der Waals surface area contributed by atoms with Crippen LogP contribution in [0.2, 0.25) is 0 Å². The second-order valence-electron chi connectivity index (χ2n) is 7.93. The molecule has 0 aromatic heterocycles. The molecule has 8 nitrogen and oxygen atoms in total. The monoisotopic (exact) mass is 404 g/mol. The highest BCUT2D eigenvalue weighted by Crippen LogP contribution is 2.39. The number of hydrogen-bond donors (Lipinski definition) is 2. The topological polar surface area (TPSA) is 98.8 Å². The van der Waals surface area contributed by atoms with Gasteiger partial charge in [-0.15, -0.1) is 0 Å². The van der Waals surface area contributed by atoms with Crippen LogP contribution in [0, 0.1) is 11.6 Å². The van der Waals surface area contributed by atoms with Crippen molar-refractivity contribution in [2.24, 2.45) is 0 Å². The summed E-state index contributed by atoms with van der Waals surface area (Å²) < 4.78 is 29.4. The number of hydrogen-bond acceptors (Lipinski definition) is 6. The van der Waals surface area contributed by atoms with Crippen LogP contribution < -0.4 is 15.5 Å². The van der Waals surface area contributed by atoms with Gasteiger partial charge in [0.25, 0.3) is 11.8 Å². The minimum Gasteiger partial charge on any atom is -0.365 e. The smallest absolute Gasteiger partial charge is 0.265 e. The Labute approximate surface area is 164 Å². The van der Waals surface area contributed by atoms with Crippen LogP contribution in [-0.4, -0.2) is 59.7 Å². The molecule has 3 atom stereocenters. The number of nitrogens with one attached hydrogen (secondary N) is 2. The molecule has 1 aromatic carbocycles. The maximum atomic E-state index is 14.9. The summed E-state index contributed by atoms with van der Waals surface area (Å²) in [6.07, 6.45) is 1.74. The minimum atomic E-state index is -1.23. The quantitative estimate of drug-likeness (QED) is 0.689. The molecule has 3 fully saturated rings. The van der Waals surface area contributed by atoms with E-state index in [1.807, 2.05) is 0 Å². The van der Waals surface area contributed by atoms with Crippen molar-refractivity contribution in [2.45, 2.75) is 43.8 Å². The van der Waals surface area contributed by atoms with Gasteiger partial charge in [-0.2, -0.15) is 0 Å².